The van der Waals surface area contributed by atoms with Crippen molar-refractivity contribution in [1.82, 2.24) is 21.4 Å². The van der Waals surface area contributed by atoms with Gasteiger partial charge in [0.15, 0.2) is 11.5 Å². The van der Waals surface area contributed by atoms with Crippen molar-refractivity contribution in [3.63, 3.8) is 0 Å². The molecule has 5 N–H and O–H groups in total. The lowest BCUT2D eigenvalue weighted by atomic mass is 9.95. The van der Waals surface area contributed by atoms with E-state index >= 15 is 0 Å². The molecule has 234 valence electrons. The van der Waals surface area contributed by atoms with Gasteiger partial charge >= 0.3 is 12.1 Å². The molecule has 2 aromatic rings. The van der Waals surface area contributed by atoms with Crippen LogP contribution >= 0.6 is 0 Å². The number of hydrogen-bond donors (Lipinski definition) is 5. The second kappa shape index (κ2) is 14.6. The smallest absolute Gasteiger partial charge is 0.408 e. The van der Waals surface area contributed by atoms with Gasteiger partial charge in [-0.05, 0) is 66.5 Å². The first-order valence-electron chi connectivity index (χ1n) is 14.8. The largest absolute Gasteiger partial charge is 0.492 e. The molecule has 0 saturated heterocycles. The van der Waals surface area contributed by atoms with Gasteiger partial charge in [-0.25, -0.2) is 9.59 Å². The molecule has 1 amide bonds. The SMILES string of the molecule is COc1c(OCCC(NC(=O)OCc2ccccc2)C(=O)O)cc2c(c1OC)C1=C(CCC1)/C(=N/NC1=CCNCN1)CC2. The van der Waals surface area contributed by atoms with Crippen molar-refractivity contribution in [3.8, 4) is 17.2 Å². The zero-order chi connectivity index (χ0) is 30.9. The highest BCUT2D eigenvalue weighted by Gasteiger charge is 2.31. The minimum Gasteiger partial charge on any atom is -0.492 e. The zero-order valence-corrected chi connectivity index (χ0v) is 25.0. The second-order valence-electron chi connectivity index (χ2n) is 10.6. The van der Waals surface area contributed by atoms with Crippen LogP contribution in [-0.2, 0) is 22.6 Å². The van der Waals surface area contributed by atoms with Crippen molar-refractivity contribution >= 4 is 23.3 Å². The quantitative estimate of drug-likeness (QED) is 0.227. The summed E-state index contributed by atoms with van der Waals surface area (Å²) in [4.78, 5) is 24.2. The van der Waals surface area contributed by atoms with E-state index in [1.807, 2.05) is 42.5 Å². The van der Waals surface area contributed by atoms with Gasteiger partial charge in [-0.15, -0.1) is 0 Å². The van der Waals surface area contributed by atoms with E-state index in [2.05, 4.69) is 21.4 Å². The number of ether oxygens (including phenoxy) is 4. The highest BCUT2D eigenvalue weighted by atomic mass is 16.6. The monoisotopic (exact) mass is 605 g/mol. The normalized spacial score (nSPS) is 17.3. The lowest BCUT2D eigenvalue weighted by molar-refractivity contribution is -0.139. The molecule has 3 aliphatic rings. The number of benzene rings is 2. The number of aryl methyl sites for hydroxylation is 1. The molecule has 1 atom stereocenters. The van der Waals surface area contributed by atoms with Crippen molar-refractivity contribution in [3.05, 3.63) is 70.6 Å². The molecular weight excluding hydrogens is 566 g/mol. The third-order valence-electron chi connectivity index (χ3n) is 7.82. The first-order chi connectivity index (χ1) is 21.5. The lowest BCUT2D eigenvalue weighted by Gasteiger charge is -2.21. The molecule has 2 aromatic carbocycles. The van der Waals surface area contributed by atoms with Crippen LogP contribution in [0.3, 0.4) is 0 Å². The van der Waals surface area contributed by atoms with Gasteiger partial charge in [-0.1, -0.05) is 30.3 Å². The predicted molar refractivity (Wildman–Crippen MR) is 165 cm³/mol. The summed E-state index contributed by atoms with van der Waals surface area (Å²) in [6.07, 6.45) is 5.52. The molecule has 0 spiro atoms. The molecule has 1 aliphatic heterocycles. The number of nitrogens with zero attached hydrogens (tertiary/aromatic N) is 1. The van der Waals surface area contributed by atoms with Crippen molar-refractivity contribution in [2.45, 2.75) is 51.2 Å². The zero-order valence-electron chi connectivity index (χ0n) is 25.0. The molecule has 1 unspecified atom stereocenters. The topological polar surface area (TPSA) is 152 Å². The molecule has 1 heterocycles. The van der Waals surface area contributed by atoms with Crippen LogP contribution in [0.2, 0.25) is 0 Å². The molecule has 0 aromatic heterocycles. The van der Waals surface area contributed by atoms with Crippen LogP contribution in [0.25, 0.3) is 5.57 Å². The Balaban J connectivity index is 1.30. The summed E-state index contributed by atoms with van der Waals surface area (Å²) in [6, 6.07) is 9.91. The molecule has 0 saturated carbocycles. The number of fused-ring (bicyclic) bond motifs is 2. The maximum Gasteiger partial charge on any atom is 0.408 e. The maximum atomic E-state index is 12.3. The number of rotatable bonds is 12. The van der Waals surface area contributed by atoms with E-state index < -0.39 is 18.1 Å². The number of carbonyl (C=O) groups excluding carboxylic acids is 1. The summed E-state index contributed by atoms with van der Waals surface area (Å²) >= 11 is 0. The van der Waals surface area contributed by atoms with E-state index in [4.69, 9.17) is 24.0 Å². The van der Waals surface area contributed by atoms with Crippen LogP contribution in [0.1, 0.15) is 48.8 Å². The summed E-state index contributed by atoms with van der Waals surface area (Å²) in [5.41, 5.74) is 9.51. The van der Waals surface area contributed by atoms with Crippen molar-refractivity contribution < 1.29 is 33.6 Å². The fourth-order valence-electron chi connectivity index (χ4n) is 5.70. The van der Waals surface area contributed by atoms with Gasteiger partial charge in [0.2, 0.25) is 5.75 Å². The van der Waals surface area contributed by atoms with Crippen molar-refractivity contribution in [1.29, 1.82) is 0 Å². The van der Waals surface area contributed by atoms with Gasteiger partial charge in [0, 0.05) is 18.5 Å². The van der Waals surface area contributed by atoms with Crippen LogP contribution in [0.4, 0.5) is 4.79 Å². The van der Waals surface area contributed by atoms with E-state index in [9.17, 15) is 14.7 Å². The van der Waals surface area contributed by atoms with Gasteiger partial charge in [0.05, 0.1) is 33.2 Å². The number of carbonyl (C=O) groups is 2. The first kappa shape index (κ1) is 30.7. The van der Waals surface area contributed by atoms with Crippen LogP contribution in [0, 0.1) is 0 Å². The van der Waals surface area contributed by atoms with Crippen LogP contribution in [0.5, 0.6) is 17.2 Å². The molecule has 2 aliphatic carbocycles. The highest BCUT2D eigenvalue weighted by molar-refractivity contribution is 6.09. The lowest BCUT2D eigenvalue weighted by Crippen LogP contribution is -2.42. The summed E-state index contributed by atoms with van der Waals surface area (Å²) in [5.74, 6) is 1.17. The average molecular weight is 606 g/mol. The Labute approximate surface area is 256 Å². The fourth-order valence-corrected chi connectivity index (χ4v) is 5.70. The Kier molecular flexibility index (Phi) is 10.2. The summed E-state index contributed by atoms with van der Waals surface area (Å²) in [5, 5.41) is 23.4. The Morgan fingerprint density at radius 1 is 1.05 bits per heavy atom. The van der Waals surface area contributed by atoms with E-state index in [1.54, 1.807) is 14.2 Å². The Morgan fingerprint density at radius 3 is 2.57 bits per heavy atom. The number of hydrogen-bond acceptors (Lipinski definition) is 10. The van der Waals surface area contributed by atoms with E-state index in [1.165, 1.54) is 11.1 Å². The van der Waals surface area contributed by atoms with Crippen LogP contribution in [-0.4, -0.2) is 63.0 Å². The highest BCUT2D eigenvalue weighted by Crippen LogP contribution is 2.50. The van der Waals surface area contributed by atoms with Gasteiger partial charge < -0.3 is 34.7 Å². The number of alkyl carbamates (subject to hydrolysis) is 1. The third kappa shape index (κ3) is 7.25. The molecule has 0 bridgehead atoms. The molecule has 44 heavy (non-hydrogen) atoms. The van der Waals surface area contributed by atoms with Crippen LogP contribution in [0.15, 0.2) is 59.0 Å². The van der Waals surface area contributed by atoms with Gasteiger partial charge in [0.25, 0.3) is 0 Å². The first-order valence-corrected chi connectivity index (χ1v) is 14.8. The van der Waals surface area contributed by atoms with Gasteiger partial charge in [-0.3, -0.25) is 10.7 Å². The maximum absolute atomic E-state index is 12.3. The Bertz CT molecular complexity index is 1450. The third-order valence-corrected chi connectivity index (χ3v) is 7.82. The fraction of sp³-hybridized carbons (Fsp3) is 0.406. The number of methoxy groups -OCH3 is 2. The Morgan fingerprint density at radius 2 is 1.84 bits per heavy atom. The Hall–Kier alpha value is -4.71. The van der Waals surface area contributed by atoms with Crippen molar-refractivity contribution in [2.75, 3.05) is 34.0 Å². The standard InChI is InChI=1S/C32H39N5O7/c1-41-29-26(43-16-14-25(31(38)39)35-32(40)44-18-20-7-4-3-5-8-20)17-21-11-12-24(36-37-27-13-15-33-19-34-27)22-9-6-10-23(22)28(21)30(29)42-2/h3-5,7-8,13,17,25,33-34,37H,6,9-12,14-16,18-19H2,1-2H3,(H,35,40)(H,38,39)/b36-24+. The number of aliphatic carboxylic acids is 1. The average Bonchev–Trinajstić information content (AvgIpc) is 3.47. The molecule has 5 rings (SSSR count). The number of nitrogens with one attached hydrogen (secondary N) is 4. The summed E-state index contributed by atoms with van der Waals surface area (Å²) in [7, 11) is 3.16. The number of amides is 1. The minimum atomic E-state index is -1.20. The van der Waals surface area contributed by atoms with Gasteiger partial charge in [0.1, 0.15) is 18.5 Å². The summed E-state index contributed by atoms with van der Waals surface area (Å²) < 4.78 is 23.0. The molecule has 12 heteroatoms. The number of carboxylic acids is 1. The van der Waals surface area contributed by atoms with Crippen molar-refractivity contribution in [2.24, 2.45) is 5.10 Å². The molecule has 0 radical (unpaired) electrons. The minimum absolute atomic E-state index is 0.00943. The van der Waals surface area contributed by atoms with Crippen LogP contribution < -0.4 is 35.6 Å². The molecular formula is C32H39N5O7. The van der Waals surface area contributed by atoms with E-state index in [0.29, 0.717) is 30.3 Å². The molecule has 12 nitrogen and oxygen atoms in total. The van der Waals surface area contributed by atoms with E-state index in [-0.39, 0.29) is 19.6 Å². The summed E-state index contributed by atoms with van der Waals surface area (Å²) in [6.45, 7) is 1.51. The second-order valence-corrected chi connectivity index (χ2v) is 10.6. The number of hydrazone groups is 1. The van der Waals surface area contributed by atoms with E-state index in [0.717, 1.165) is 60.5 Å². The number of allylic oxidation sites excluding steroid dienone is 2. The number of carboxylic acid groups (broad SMARTS) is 1. The predicted octanol–water partition coefficient (Wildman–Crippen LogP) is 3.67. The molecule has 0 fully saturated rings. The van der Waals surface area contributed by atoms with Gasteiger partial charge in [-0.2, -0.15) is 5.10 Å².